The predicted molar refractivity (Wildman–Crippen MR) is 51.2 cm³/mol. The van der Waals surface area contributed by atoms with Gasteiger partial charge >= 0.3 is 0 Å². The van der Waals surface area contributed by atoms with Crippen molar-refractivity contribution in [1.29, 1.82) is 0 Å². The highest BCUT2D eigenvalue weighted by Crippen LogP contribution is 2.04. The van der Waals surface area contributed by atoms with Crippen molar-refractivity contribution in [2.24, 2.45) is 5.92 Å². The molecule has 3 heteroatoms. The van der Waals surface area contributed by atoms with Crippen LogP contribution in [0.4, 0.5) is 0 Å². The van der Waals surface area contributed by atoms with Crippen molar-refractivity contribution in [1.82, 2.24) is 5.32 Å². The van der Waals surface area contributed by atoms with Crippen molar-refractivity contribution in [3.63, 3.8) is 0 Å². The molecule has 0 spiro atoms. The first-order valence-corrected chi connectivity index (χ1v) is 4.65. The molecule has 0 radical (unpaired) electrons. The number of ketones is 1. The van der Waals surface area contributed by atoms with E-state index in [0.29, 0.717) is 12.3 Å². The molecule has 0 aliphatic rings. The lowest BCUT2D eigenvalue weighted by molar-refractivity contribution is -0.117. The van der Waals surface area contributed by atoms with E-state index >= 15 is 0 Å². The topological polar surface area (TPSA) is 29.1 Å². The molecule has 0 aromatic carbocycles. The van der Waals surface area contributed by atoms with Crippen LogP contribution in [0.2, 0.25) is 0 Å². The van der Waals surface area contributed by atoms with Crippen LogP contribution in [0, 0.1) is 5.92 Å². The number of nitrogens with one attached hydrogen (secondary N) is 1. The molecule has 11 heavy (non-hydrogen) atoms. The lowest BCUT2D eigenvalue weighted by Gasteiger charge is -2.11. The minimum Gasteiger partial charge on any atom is -0.317 e. The van der Waals surface area contributed by atoms with Crippen LogP contribution in [0.15, 0.2) is 0 Å². The number of carbonyl (C=O) groups is 1. The zero-order valence-corrected chi connectivity index (χ0v) is 8.16. The molecule has 0 heterocycles. The number of hydrogen-bond donors (Lipinski definition) is 2. The van der Waals surface area contributed by atoms with Gasteiger partial charge < -0.3 is 10.1 Å². The van der Waals surface area contributed by atoms with E-state index in [2.05, 4.69) is 24.9 Å². The second-order valence-electron chi connectivity index (χ2n) is 2.76. The Balaban J connectivity index is 3.49. The molecule has 0 aromatic heterocycles. The fraction of sp³-hybridized carbons (Fsp3) is 0.875. The number of rotatable bonds is 6. The Bertz CT molecular complexity index is 117. The van der Waals surface area contributed by atoms with Crippen LogP contribution >= 0.6 is 12.6 Å². The highest BCUT2D eigenvalue weighted by molar-refractivity contribution is 7.80. The van der Waals surface area contributed by atoms with Crippen LogP contribution in [0.25, 0.3) is 0 Å². The van der Waals surface area contributed by atoms with Gasteiger partial charge in [-0.15, -0.1) is 0 Å². The summed E-state index contributed by atoms with van der Waals surface area (Å²) in [5.41, 5.74) is 0. The summed E-state index contributed by atoms with van der Waals surface area (Å²) in [6.07, 6.45) is 0.649. The highest BCUT2D eigenvalue weighted by atomic mass is 32.1. The second kappa shape index (κ2) is 6.68. The lowest BCUT2D eigenvalue weighted by atomic mass is 10.1. The van der Waals surface area contributed by atoms with Crippen molar-refractivity contribution in [3.05, 3.63) is 0 Å². The van der Waals surface area contributed by atoms with Gasteiger partial charge in [-0.3, -0.25) is 0 Å². The number of Topliss-reactive ketones (excluding diaryl/α,β-unsaturated/α-hetero) is 1. The zero-order chi connectivity index (χ0) is 8.69. The molecule has 0 rings (SSSR count). The van der Waals surface area contributed by atoms with Crippen molar-refractivity contribution >= 4 is 18.4 Å². The van der Waals surface area contributed by atoms with E-state index < -0.39 is 0 Å². The minimum atomic E-state index is 0.252. The molecule has 0 aliphatic heterocycles. The molecular weight excluding hydrogens is 158 g/mol. The van der Waals surface area contributed by atoms with Crippen molar-refractivity contribution in [3.8, 4) is 0 Å². The first kappa shape index (κ1) is 11.0. The predicted octanol–water partition coefficient (Wildman–Crippen LogP) is 1.12. The monoisotopic (exact) mass is 175 g/mol. The van der Waals surface area contributed by atoms with Crippen LogP contribution < -0.4 is 5.32 Å². The van der Waals surface area contributed by atoms with Crippen LogP contribution in [0.5, 0.6) is 0 Å². The third-order valence-electron chi connectivity index (χ3n) is 1.52. The number of hydrogen-bond acceptors (Lipinski definition) is 3. The Kier molecular flexibility index (Phi) is 6.66. The normalized spacial score (nSPS) is 13.0. The molecule has 1 atom stereocenters. The molecule has 0 aromatic rings. The molecule has 1 unspecified atom stereocenters. The third-order valence-corrected chi connectivity index (χ3v) is 2.03. The summed E-state index contributed by atoms with van der Waals surface area (Å²) >= 11 is 4.17. The van der Waals surface area contributed by atoms with Gasteiger partial charge in [-0.1, -0.05) is 6.92 Å². The lowest BCUT2D eigenvalue weighted by Crippen LogP contribution is -2.25. The van der Waals surface area contributed by atoms with Gasteiger partial charge in [-0.2, -0.15) is 12.6 Å². The molecule has 0 amide bonds. The van der Waals surface area contributed by atoms with Gasteiger partial charge in [-0.05, 0) is 31.7 Å². The third kappa shape index (κ3) is 6.38. The summed E-state index contributed by atoms with van der Waals surface area (Å²) in [6, 6.07) is 0. The summed E-state index contributed by atoms with van der Waals surface area (Å²) < 4.78 is 0. The fourth-order valence-corrected chi connectivity index (χ4v) is 1.21. The Labute approximate surface area is 74.2 Å². The average molecular weight is 175 g/mol. The van der Waals surface area contributed by atoms with E-state index in [1.807, 2.05) is 0 Å². The van der Waals surface area contributed by atoms with Crippen LogP contribution in [0.3, 0.4) is 0 Å². The largest absolute Gasteiger partial charge is 0.317 e. The van der Waals surface area contributed by atoms with E-state index in [1.165, 1.54) is 0 Å². The van der Waals surface area contributed by atoms with Crippen molar-refractivity contribution < 1.29 is 4.79 Å². The van der Waals surface area contributed by atoms with E-state index in [1.54, 1.807) is 6.92 Å². The maximum Gasteiger partial charge on any atom is 0.130 e. The maximum atomic E-state index is 10.7. The van der Waals surface area contributed by atoms with Gasteiger partial charge in [0.1, 0.15) is 5.78 Å². The molecule has 0 saturated heterocycles. The standard InChI is InChI=1S/C8H17NOS/c1-3-9-5-8(6-11)4-7(2)10/h8-9,11H,3-6H2,1-2H3. The van der Waals surface area contributed by atoms with Gasteiger partial charge in [0.15, 0.2) is 0 Å². The fourth-order valence-electron chi connectivity index (χ4n) is 0.956. The molecule has 1 N–H and O–H groups in total. The van der Waals surface area contributed by atoms with E-state index in [4.69, 9.17) is 0 Å². The Morgan fingerprint density at radius 1 is 1.64 bits per heavy atom. The zero-order valence-electron chi connectivity index (χ0n) is 7.26. The minimum absolute atomic E-state index is 0.252. The van der Waals surface area contributed by atoms with Gasteiger partial charge in [-0.25, -0.2) is 0 Å². The van der Waals surface area contributed by atoms with Gasteiger partial charge in [0.25, 0.3) is 0 Å². The molecular formula is C8H17NOS. The maximum absolute atomic E-state index is 10.7. The number of thiol groups is 1. The first-order valence-electron chi connectivity index (χ1n) is 4.01. The SMILES string of the molecule is CCNCC(CS)CC(C)=O. The number of carbonyl (C=O) groups excluding carboxylic acids is 1. The van der Waals surface area contributed by atoms with E-state index in [0.717, 1.165) is 18.8 Å². The van der Waals surface area contributed by atoms with Crippen LogP contribution in [-0.2, 0) is 4.79 Å². The van der Waals surface area contributed by atoms with Gasteiger partial charge in [0, 0.05) is 6.42 Å². The van der Waals surface area contributed by atoms with Crippen LogP contribution in [0.1, 0.15) is 20.3 Å². The van der Waals surface area contributed by atoms with Gasteiger partial charge in [0.2, 0.25) is 0 Å². The molecule has 0 fully saturated rings. The Hall–Kier alpha value is -0.0200. The summed E-state index contributed by atoms with van der Waals surface area (Å²) in [5, 5.41) is 3.20. The molecule has 0 aliphatic carbocycles. The summed E-state index contributed by atoms with van der Waals surface area (Å²) in [6.45, 7) is 5.55. The quantitative estimate of drug-likeness (QED) is 0.592. The molecule has 0 saturated carbocycles. The smallest absolute Gasteiger partial charge is 0.130 e. The summed E-state index contributed by atoms with van der Waals surface area (Å²) in [5.74, 6) is 1.43. The van der Waals surface area contributed by atoms with Crippen molar-refractivity contribution in [2.75, 3.05) is 18.8 Å². The van der Waals surface area contributed by atoms with Crippen LogP contribution in [-0.4, -0.2) is 24.6 Å². The molecule has 66 valence electrons. The Morgan fingerprint density at radius 3 is 2.64 bits per heavy atom. The molecule has 2 nitrogen and oxygen atoms in total. The Morgan fingerprint density at radius 2 is 2.27 bits per heavy atom. The highest BCUT2D eigenvalue weighted by Gasteiger charge is 2.07. The first-order chi connectivity index (χ1) is 5.20. The van der Waals surface area contributed by atoms with E-state index in [9.17, 15) is 4.79 Å². The van der Waals surface area contributed by atoms with Gasteiger partial charge in [0.05, 0.1) is 0 Å². The van der Waals surface area contributed by atoms with Crippen molar-refractivity contribution in [2.45, 2.75) is 20.3 Å². The van der Waals surface area contributed by atoms with E-state index in [-0.39, 0.29) is 5.78 Å². The summed E-state index contributed by atoms with van der Waals surface area (Å²) in [4.78, 5) is 10.7. The summed E-state index contributed by atoms with van der Waals surface area (Å²) in [7, 11) is 0. The average Bonchev–Trinajstić information content (AvgIpc) is 1.97. The second-order valence-corrected chi connectivity index (χ2v) is 3.13. The molecule has 0 bridgehead atoms.